The van der Waals surface area contributed by atoms with Crippen molar-refractivity contribution in [2.45, 2.75) is 44.2 Å². The molecule has 28 heavy (non-hydrogen) atoms. The van der Waals surface area contributed by atoms with E-state index in [1.807, 2.05) is 36.2 Å². The maximum Gasteiger partial charge on any atom is 0.243 e. The summed E-state index contributed by atoms with van der Waals surface area (Å²) in [5.74, 6) is 1.64. The van der Waals surface area contributed by atoms with Crippen LogP contribution < -0.4 is 4.90 Å². The average molecular weight is 423 g/mol. The number of quaternary nitrogens is 1. The molecule has 1 aliphatic carbocycles. The molecule has 2 heterocycles. The van der Waals surface area contributed by atoms with Gasteiger partial charge in [0.1, 0.15) is 5.82 Å². The quantitative estimate of drug-likeness (QED) is 0.730. The third-order valence-electron chi connectivity index (χ3n) is 5.94. The summed E-state index contributed by atoms with van der Waals surface area (Å²) in [5, 5.41) is 4.72. The van der Waals surface area contributed by atoms with Gasteiger partial charge in [0.15, 0.2) is 6.67 Å². The van der Waals surface area contributed by atoms with E-state index >= 15 is 0 Å². The molecule has 1 saturated heterocycles. The molecule has 0 radical (unpaired) electrons. The Labute approximate surface area is 171 Å². The van der Waals surface area contributed by atoms with E-state index in [0.717, 1.165) is 34.8 Å². The number of hydrogen-bond donors (Lipinski definition) is 1. The van der Waals surface area contributed by atoms with E-state index in [1.54, 1.807) is 16.4 Å². The second-order valence-corrected chi connectivity index (χ2v) is 10.3. The number of nitrogens with zero attached hydrogens (tertiary/aromatic N) is 4. The number of hydrogen-bond acceptors (Lipinski definition) is 4. The van der Waals surface area contributed by atoms with Crippen molar-refractivity contribution in [3.8, 4) is 0 Å². The lowest BCUT2D eigenvalue weighted by atomic mass is 10.1. The second kappa shape index (κ2) is 7.37. The van der Waals surface area contributed by atoms with Gasteiger partial charge in [-0.2, -0.15) is 14.1 Å². The zero-order valence-corrected chi connectivity index (χ0v) is 18.3. The highest BCUT2D eigenvalue weighted by Crippen LogP contribution is 2.38. The standard InChI is InChI=1S/C19H27N5O2S2/c1-14-4-7-17(12-15(14)2)28(25,26)23-10-8-22(9-11-23)13-24-19(27)21(3)18(20-24)16-5-6-16/h4,7,12,16H,5-6,8-11,13H2,1-3H3/p+1. The fraction of sp³-hybridized carbons (Fsp3) is 0.579. The first kappa shape index (κ1) is 19.8. The Morgan fingerprint density at radius 2 is 1.86 bits per heavy atom. The van der Waals surface area contributed by atoms with Gasteiger partial charge < -0.3 is 9.47 Å². The summed E-state index contributed by atoms with van der Waals surface area (Å²) < 4.78 is 32.2. The highest BCUT2D eigenvalue weighted by atomic mass is 32.2. The van der Waals surface area contributed by atoms with E-state index < -0.39 is 10.0 Å². The van der Waals surface area contributed by atoms with E-state index in [0.29, 0.717) is 30.6 Å². The van der Waals surface area contributed by atoms with Crippen molar-refractivity contribution in [3.05, 3.63) is 39.9 Å². The third-order valence-corrected chi connectivity index (χ3v) is 8.32. The lowest BCUT2D eigenvalue weighted by Gasteiger charge is -2.31. The van der Waals surface area contributed by atoms with Gasteiger partial charge in [0, 0.05) is 13.0 Å². The van der Waals surface area contributed by atoms with Gasteiger partial charge in [-0.15, -0.1) is 0 Å². The predicted octanol–water partition coefficient (Wildman–Crippen LogP) is 0.992. The molecule has 0 amide bonds. The summed E-state index contributed by atoms with van der Waals surface area (Å²) in [5.41, 5.74) is 2.10. The summed E-state index contributed by atoms with van der Waals surface area (Å²) in [7, 11) is -1.45. The van der Waals surface area contributed by atoms with Crippen LogP contribution >= 0.6 is 12.2 Å². The predicted molar refractivity (Wildman–Crippen MR) is 109 cm³/mol. The minimum atomic E-state index is -3.44. The summed E-state index contributed by atoms with van der Waals surface area (Å²) >= 11 is 5.54. The van der Waals surface area contributed by atoms with E-state index in [9.17, 15) is 8.42 Å². The van der Waals surface area contributed by atoms with Gasteiger partial charge >= 0.3 is 0 Å². The van der Waals surface area contributed by atoms with Crippen LogP contribution in [0, 0.1) is 18.6 Å². The van der Waals surface area contributed by atoms with Crippen LogP contribution in [0.1, 0.15) is 35.7 Å². The van der Waals surface area contributed by atoms with Gasteiger partial charge in [0.2, 0.25) is 14.8 Å². The second-order valence-electron chi connectivity index (χ2n) is 8.03. The van der Waals surface area contributed by atoms with Crippen molar-refractivity contribution < 1.29 is 13.3 Å². The molecule has 2 aliphatic rings. The van der Waals surface area contributed by atoms with Crippen molar-refractivity contribution in [2.24, 2.45) is 7.05 Å². The normalized spacial score (nSPS) is 19.2. The van der Waals surface area contributed by atoms with Crippen LogP contribution in [0.15, 0.2) is 23.1 Å². The van der Waals surface area contributed by atoms with Crippen LogP contribution in [0.5, 0.6) is 0 Å². The molecule has 0 unspecified atom stereocenters. The van der Waals surface area contributed by atoms with Crippen molar-refractivity contribution in [2.75, 3.05) is 26.2 Å². The van der Waals surface area contributed by atoms with Gasteiger partial charge in [-0.25, -0.2) is 8.42 Å². The molecule has 0 spiro atoms. The summed E-state index contributed by atoms with van der Waals surface area (Å²) in [6, 6.07) is 5.37. The Balaban J connectivity index is 1.42. The van der Waals surface area contributed by atoms with Crippen LogP contribution in [-0.2, 0) is 23.7 Å². The SMILES string of the molecule is Cc1ccc(S(=O)(=O)N2CC[NH+](Cn3nc(C4CC4)n(C)c3=S)CC2)cc1C. The Morgan fingerprint density at radius 1 is 1.18 bits per heavy atom. The van der Waals surface area contributed by atoms with Crippen molar-refractivity contribution in [3.63, 3.8) is 0 Å². The lowest BCUT2D eigenvalue weighted by molar-refractivity contribution is -0.926. The number of rotatable bonds is 5. The molecule has 1 saturated carbocycles. The van der Waals surface area contributed by atoms with E-state index in [4.69, 9.17) is 17.3 Å². The smallest absolute Gasteiger partial charge is 0.243 e. The summed E-state index contributed by atoms with van der Waals surface area (Å²) in [6.07, 6.45) is 2.39. The zero-order chi connectivity index (χ0) is 20.1. The first-order valence-corrected chi connectivity index (χ1v) is 11.7. The molecule has 9 heteroatoms. The largest absolute Gasteiger partial charge is 0.314 e. The molecule has 0 atom stereocenters. The molecule has 7 nitrogen and oxygen atoms in total. The first-order chi connectivity index (χ1) is 13.3. The third kappa shape index (κ3) is 3.68. The number of benzene rings is 1. The Bertz CT molecular complexity index is 1040. The van der Waals surface area contributed by atoms with Gasteiger partial charge in [0.05, 0.1) is 31.1 Å². The van der Waals surface area contributed by atoms with Crippen LogP contribution in [-0.4, -0.2) is 53.2 Å². The Hall–Kier alpha value is -1.55. The molecule has 0 bridgehead atoms. The molecular weight excluding hydrogens is 394 g/mol. The monoisotopic (exact) mass is 422 g/mol. The number of nitrogens with one attached hydrogen (secondary N) is 1. The zero-order valence-electron chi connectivity index (χ0n) is 16.7. The van der Waals surface area contributed by atoms with Crippen LogP contribution in [0.4, 0.5) is 0 Å². The summed E-state index contributed by atoms with van der Waals surface area (Å²) in [6.45, 7) is 7.16. The molecule has 152 valence electrons. The minimum Gasteiger partial charge on any atom is -0.314 e. The topological polar surface area (TPSA) is 64.6 Å². The van der Waals surface area contributed by atoms with Gasteiger partial charge in [0.25, 0.3) is 0 Å². The highest BCUT2D eigenvalue weighted by molar-refractivity contribution is 7.89. The number of aromatic nitrogens is 3. The van der Waals surface area contributed by atoms with Crippen molar-refractivity contribution in [1.29, 1.82) is 0 Å². The molecule has 1 N–H and O–H groups in total. The van der Waals surface area contributed by atoms with E-state index in [2.05, 4.69) is 0 Å². The van der Waals surface area contributed by atoms with Gasteiger partial charge in [-0.05, 0) is 62.2 Å². The van der Waals surface area contributed by atoms with E-state index in [-0.39, 0.29) is 0 Å². The highest BCUT2D eigenvalue weighted by Gasteiger charge is 2.32. The van der Waals surface area contributed by atoms with Crippen molar-refractivity contribution >= 4 is 22.2 Å². The van der Waals surface area contributed by atoms with Crippen LogP contribution in [0.25, 0.3) is 0 Å². The fourth-order valence-corrected chi connectivity index (χ4v) is 5.47. The number of sulfonamides is 1. The van der Waals surface area contributed by atoms with Crippen LogP contribution in [0.2, 0.25) is 0 Å². The fourth-order valence-electron chi connectivity index (χ4n) is 3.74. The maximum atomic E-state index is 13.0. The summed E-state index contributed by atoms with van der Waals surface area (Å²) in [4.78, 5) is 1.70. The molecule has 1 aromatic heterocycles. The average Bonchev–Trinajstić information content (AvgIpc) is 3.47. The minimum absolute atomic E-state index is 0.389. The molecule has 1 aliphatic heterocycles. The Kier molecular flexibility index (Phi) is 5.20. The number of aryl methyl sites for hydroxylation is 2. The molecule has 4 rings (SSSR count). The molecule has 2 fully saturated rings. The maximum absolute atomic E-state index is 13.0. The van der Waals surface area contributed by atoms with Gasteiger partial charge in [-0.1, -0.05) is 6.07 Å². The molecule has 2 aromatic rings. The van der Waals surface area contributed by atoms with E-state index in [1.165, 1.54) is 17.7 Å². The van der Waals surface area contributed by atoms with Crippen molar-refractivity contribution in [1.82, 2.24) is 18.7 Å². The number of piperazine rings is 1. The molecule has 1 aromatic carbocycles. The molecular formula is C19H28N5O2S2+. The van der Waals surface area contributed by atoms with Crippen LogP contribution in [0.3, 0.4) is 0 Å². The van der Waals surface area contributed by atoms with Gasteiger partial charge in [-0.3, -0.25) is 0 Å². The first-order valence-electron chi connectivity index (χ1n) is 9.82. The lowest BCUT2D eigenvalue weighted by Crippen LogP contribution is -3.14. The Morgan fingerprint density at radius 3 is 2.46 bits per heavy atom.